The van der Waals surface area contributed by atoms with E-state index < -0.39 is 0 Å². The predicted octanol–water partition coefficient (Wildman–Crippen LogP) is 4.47. The molecule has 3 N–H and O–H groups in total. The van der Waals surface area contributed by atoms with Crippen molar-refractivity contribution in [3.63, 3.8) is 0 Å². The second kappa shape index (κ2) is 10.2. The number of hydrogen-bond donors (Lipinski definition) is 3. The topological polar surface area (TPSA) is 104 Å². The molecule has 1 saturated heterocycles. The third kappa shape index (κ3) is 4.80. The van der Waals surface area contributed by atoms with Crippen LogP contribution in [0.3, 0.4) is 0 Å². The third-order valence-corrected chi connectivity index (χ3v) is 7.15. The molecule has 10 nitrogen and oxygen atoms in total. The zero-order chi connectivity index (χ0) is 26.9. The van der Waals surface area contributed by atoms with E-state index in [-0.39, 0.29) is 5.91 Å². The number of rotatable bonds is 4. The van der Waals surface area contributed by atoms with Crippen LogP contribution < -0.4 is 20.9 Å². The highest BCUT2D eigenvalue weighted by Gasteiger charge is 2.25. The van der Waals surface area contributed by atoms with Crippen molar-refractivity contribution in [2.45, 2.75) is 26.8 Å². The van der Waals surface area contributed by atoms with Crippen molar-refractivity contribution in [3.8, 4) is 11.3 Å². The van der Waals surface area contributed by atoms with Crippen molar-refractivity contribution in [2.24, 2.45) is 0 Å². The maximum Gasteiger partial charge on any atom is 0.275 e. The van der Waals surface area contributed by atoms with E-state index in [1.807, 2.05) is 36.7 Å². The minimum Gasteiger partial charge on any atom is -0.369 e. The molecule has 2 aliphatic rings. The number of pyridine rings is 2. The number of nitrogens with zero attached hydrogens (tertiary/aromatic N) is 6. The maximum atomic E-state index is 12.9. The first-order valence-corrected chi connectivity index (χ1v) is 13.1. The van der Waals surface area contributed by atoms with Crippen molar-refractivity contribution >= 4 is 34.6 Å². The Labute approximate surface area is 226 Å². The van der Waals surface area contributed by atoms with Gasteiger partial charge in [-0.25, -0.2) is 9.83 Å². The molecule has 4 aromatic rings. The van der Waals surface area contributed by atoms with Crippen LogP contribution >= 0.6 is 0 Å². The van der Waals surface area contributed by atoms with E-state index in [9.17, 15) is 4.79 Å². The van der Waals surface area contributed by atoms with Gasteiger partial charge in [0.2, 0.25) is 0 Å². The largest absolute Gasteiger partial charge is 0.369 e. The molecule has 1 aromatic carbocycles. The molecule has 0 unspecified atom stereocenters. The van der Waals surface area contributed by atoms with Crippen molar-refractivity contribution in [1.82, 2.24) is 25.1 Å². The molecule has 1 fully saturated rings. The predicted molar refractivity (Wildman–Crippen MR) is 152 cm³/mol. The molecule has 0 saturated carbocycles. The number of nitrogens with one attached hydrogen (secondary N) is 3. The van der Waals surface area contributed by atoms with E-state index in [0.29, 0.717) is 46.4 Å². The SMILES string of the molecule is [C-]#[N+]c1c(-c2cnc(C(=O)Nc3cccc(C)n3)c(C)c2)nn2c1Nc1ccc(N3CCNCC3)cc1CC2. The van der Waals surface area contributed by atoms with Gasteiger partial charge in [-0.15, -0.1) is 0 Å². The molecular formula is C29H29N9O. The van der Waals surface area contributed by atoms with Crippen LogP contribution in [-0.4, -0.2) is 51.8 Å². The zero-order valence-electron chi connectivity index (χ0n) is 22.0. The number of piperazine rings is 1. The van der Waals surface area contributed by atoms with Crippen LogP contribution in [0.4, 0.5) is 28.7 Å². The Morgan fingerprint density at radius 2 is 1.95 bits per heavy atom. The minimum atomic E-state index is -0.332. The van der Waals surface area contributed by atoms with Crippen LogP contribution in [0.1, 0.15) is 27.3 Å². The monoisotopic (exact) mass is 519 g/mol. The lowest BCUT2D eigenvalue weighted by molar-refractivity contribution is 0.102. The van der Waals surface area contributed by atoms with Crippen molar-refractivity contribution < 1.29 is 4.79 Å². The van der Waals surface area contributed by atoms with Crippen molar-refractivity contribution in [1.29, 1.82) is 0 Å². The number of fused-ring (bicyclic) bond motifs is 2. The minimum absolute atomic E-state index is 0.305. The van der Waals surface area contributed by atoms with Gasteiger partial charge in [0.25, 0.3) is 11.6 Å². The molecule has 3 aromatic heterocycles. The number of benzene rings is 1. The summed E-state index contributed by atoms with van der Waals surface area (Å²) < 4.78 is 1.87. The average Bonchev–Trinajstić information content (AvgIpc) is 3.19. The highest BCUT2D eigenvalue weighted by atomic mass is 16.1. The highest BCUT2D eigenvalue weighted by molar-refractivity contribution is 6.03. The summed E-state index contributed by atoms with van der Waals surface area (Å²) in [5.74, 6) is 0.824. The van der Waals surface area contributed by atoms with Gasteiger partial charge in [-0.05, 0) is 67.8 Å². The van der Waals surface area contributed by atoms with Gasteiger partial charge >= 0.3 is 0 Å². The molecule has 6 rings (SSSR count). The van der Waals surface area contributed by atoms with E-state index >= 15 is 0 Å². The van der Waals surface area contributed by atoms with E-state index in [2.05, 4.69) is 53.9 Å². The van der Waals surface area contributed by atoms with Crippen molar-refractivity contribution in [3.05, 3.63) is 82.6 Å². The molecule has 5 heterocycles. The van der Waals surface area contributed by atoms with Gasteiger partial charge in [0.05, 0.1) is 6.57 Å². The summed E-state index contributed by atoms with van der Waals surface area (Å²) in [4.78, 5) is 27.9. The average molecular weight is 520 g/mol. The molecule has 39 heavy (non-hydrogen) atoms. The normalized spacial score (nSPS) is 14.4. The smallest absolute Gasteiger partial charge is 0.275 e. The van der Waals surface area contributed by atoms with Gasteiger partial charge in [-0.2, -0.15) is 5.10 Å². The molecule has 0 atom stereocenters. The fraction of sp³-hybridized carbons (Fsp3) is 0.276. The molecule has 10 heteroatoms. The summed E-state index contributed by atoms with van der Waals surface area (Å²) >= 11 is 0. The summed E-state index contributed by atoms with van der Waals surface area (Å²) in [5, 5.41) is 14.5. The fourth-order valence-corrected chi connectivity index (χ4v) is 5.15. The van der Waals surface area contributed by atoms with E-state index in [4.69, 9.17) is 11.7 Å². The number of aromatic nitrogens is 4. The van der Waals surface area contributed by atoms with Crippen molar-refractivity contribution in [2.75, 3.05) is 41.7 Å². The quantitative estimate of drug-likeness (QED) is 0.342. The number of hydrogen-bond acceptors (Lipinski definition) is 7. The molecule has 0 aliphatic carbocycles. The molecule has 1 amide bonds. The molecule has 196 valence electrons. The molecule has 0 bridgehead atoms. The number of anilines is 4. The first-order chi connectivity index (χ1) is 19.0. The molecular weight excluding hydrogens is 490 g/mol. The van der Waals surface area contributed by atoms with Crippen LogP contribution in [0.15, 0.2) is 48.7 Å². The van der Waals surface area contributed by atoms with E-state index in [1.165, 1.54) is 11.3 Å². The Balaban J connectivity index is 1.27. The number of carbonyl (C=O) groups is 1. The molecule has 0 radical (unpaired) electrons. The number of aryl methyl sites for hydroxylation is 4. The van der Waals surface area contributed by atoms with E-state index in [0.717, 1.165) is 44.0 Å². The first-order valence-electron chi connectivity index (χ1n) is 13.1. The summed E-state index contributed by atoms with van der Waals surface area (Å²) in [6, 6.07) is 13.8. The van der Waals surface area contributed by atoms with E-state index in [1.54, 1.807) is 12.3 Å². The standard InChI is InChI=1S/C29H29N9O/c1-18-15-21(17-32-25(18)29(39)35-24-6-4-5-19(2)33-24)26-27(30-3)28-34-23-8-7-22(37-13-10-31-11-14-37)16-20(23)9-12-38(28)36-26/h4-8,15-17,31,34H,9-14H2,1-2H3,(H,33,35,39). The Morgan fingerprint density at radius 1 is 1.10 bits per heavy atom. The van der Waals surface area contributed by atoms with Gasteiger partial charge in [0.1, 0.15) is 23.0 Å². The lowest BCUT2D eigenvalue weighted by Crippen LogP contribution is -2.43. The lowest BCUT2D eigenvalue weighted by atomic mass is 10.1. The number of amides is 1. The van der Waals surface area contributed by atoms with Crippen LogP contribution in [0.25, 0.3) is 16.1 Å². The Kier molecular flexibility index (Phi) is 6.42. The second-order valence-corrected chi connectivity index (χ2v) is 9.84. The summed E-state index contributed by atoms with van der Waals surface area (Å²) in [7, 11) is 0. The second-order valence-electron chi connectivity index (χ2n) is 9.84. The summed E-state index contributed by atoms with van der Waals surface area (Å²) in [6.07, 6.45) is 2.41. The Bertz CT molecular complexity index is 1610. The lowest BCUT2D eigenvalue weighted by Gasteiger charge is -2.30. The van der Waals surface area contributed by atoms with Crippen LogP contribution in [-0.2, 0) is 13.0 Å². The maximum absolute atomic E-state index is 12.9. The molecule has 0 spiro atoms. The first kappa shape index (κ1) is 24.6. The van der Waals surface area contributed by atoms with Gasteiger partial charge in [0, 0.05) is 61.6 Å². The third-order valence-electron chi connectivity index (χ3n) is 7.15. The van der Waals surface area contributed by atoms with Crippen LogP contribution in [0.5, 0.6) is 0 Å². The summed E-state index contributed by atoms with van der Waals surface area (Å²) in [6.45, 7) is 16.3. The van der Waals surface area contributed by atoms with Gasteiger partial charge in [0.15, 0.2) is 0 Å². The van der Waals surface area contributed by atoms with Gasteiger partial charge in [-0.3, -0.25) is 14.5 Å². The van der Waals surface area contributed by atoms with Crippen LogP contribution in [0, 0.1) is 20.4 Å². The molecule has 2 aliphatic heterocycles. The highest BCUT2D eigenvalue weighted by Crippen LogP contribution is 2.41. The van der Waals surface area contributed by atoms with Crippen LogP contribution in [0.2, 0.25) is 0 Å². The number of carbonyl (C=O) groups excluding carboxylic acids is 1. The fourth-order valence-electron chi connectivity index (χ4n) is 5.15. The summed E-state index contributed by atoms with van der Waals surface area (Å²) in [5.41, 5.74) is 6.94. The van der Waals surface area contributed by atoms with Gasteiger partial charge < -0.3 is 20.9 Å². The Morgan fingerprint density at radius 3 is 2.72 bits per heavy atom. The van der Waals surface area contributed by atoms with Gasteiger partial charge in [-0.1, -0.05) is 6.07 Å². The zero-order valence-corrected chi connectivity index (χ0v) is 22.0. The Hall–Kier alpha value is -4.75.